The Morgan fingerprint density at radius 1 is 1.11 bits per heavy atom. The second-order valence-electron chi connectivity index (χ2n) is 6.54. The van der Waals surface area contributed by atoms with E-state index < -0.39 is 23.7 Å². The lowest BCUT2D eigenvalue weighted by Crippen LogP contribution is -2.43. The molecule has 0 rings (SSSR count). The second kappa shape index (κ2) is 6.07. The molecule has 0 saturated carbocycles. The lowest BCUT2D eigenvalue weighted by atomic mass is 9.99. The molecule has 0 radical (unpaired) electrons. The first kappa shape index (κ1) is 16.7. The van der Waals surface area contributed by atoms with Gasteiger partial charge in [-0.1, -0.05) is 20.8 Å². The Morgan fingerprint density at radius 3 is 2.00 bits per heavy atom. The normalized spacial score (nSPS) is 13.7. The predicted molar refractivity (Wildman–Crippen MR) is 69.2 cm³/mol. The monoisotopic (exact) mass is 259 g/mol. The fourth-order valence-corrected chi connectivity index (χ4v) is 0.956. The number of hydrogen-bond donors (Lipinski definition) is 1. The smallest absolute Gasteiger partial charge is 0.408 e. The molecule has 0 aliphatic carbocycles. The van der Waals surface area contributed by atoms with Gasteiger partial charge in [0.2, 0.25) is 0 Å². The zero-order valence-corrected chi connectivity index (χ0v) is 12.4. The average molecular weight is 259 g/mol. The van der Waals surface area contributed by atoms with Crippen LogP contribution in [0.4, 0.5) is 4.79 Å². The van der Waals surface area contributed by atoms with Gasteiger partial charge in [0.05, 0.1) is 6.61 Å². The van der Waals surface area contributed by atoms with Crippen molar-refractivity contribution < 1.29 is 19.1 Å². The molecule has 0 aromatic carbocycles. The number of hydrogen-bond acceptors (Lipinski definition) is 4. The molecule has 0 bridgehead atoms. The molecule has 5 nitrogen and oxygen atoms in total. The van der Waals surface area contributed by atoms with Crippen molar-refractivity contribution in [3.63, 3.8) is 0 Å². The second-order valence-corrected chi connectivity index (χ2v) is 6.54. The van der Waals surface area contributed by atoms with Crippen molar-refractivity contribution in [3.8, 4) is 0 Å². The van der Waals surface area contributed by atoms with E-state index in [0.29, 0.717) is 6.61 Å². The van der Waals surface area contributed by atoms with E-state index in [2.05, 4.69) is 5.32 Å². The number of amides is 1. The van der Waals surface area contributed by atoms with Gasteiger partial charge >= 0.3 is 12.1 Å². The highest BCUT2D eigenvalue weighted by molar-refractivity contribution is 5.81. The number of carbonyl (C=O) groups is 2. The molecule has 0 aliphatic heterocycles. The summed E-state index contributed by atoms with van der Waals surface area (Å²) in [6.45, 7) is 13.0. The maximum absolute atomic E-state index is 11.6. The van der Waals surface area contributed by atoms with Gasteiger partial charge in [0.15, 0.2) is 0 Å². The molecule has 0 saturated heterocycles. The Morgan fingerprint density at radius 2 is 1.61 bits per heavy atom. The van der Waals surface area contributed by atoms with E-state index in [1.807, 2.05) is 20.8 Å². The third-order valence-electron chi connectivity index (χ3n) is 1.73. The Balaban J connectivity index is 4.13. The first-order chi connectivity index (χ1) is 7.91. The zero-order valence-electron chi connectivity index (χ0n) is 12.4. The van der Waals surface area contributed by atoms with Gasteiger partial charge in [-0.2, -0.15) is 0 Å². The SMILES string of the molecule is CC(NC(=O)OC(C)(C)C)C(=O)OCC(C)(C)C. The molecule has 0 aromatic heterocycles. The van der Waals surface area contributed by atoms with Crippen molar-refractivity contribution in [2.45, 2.75) is 60.1 Å². The first-order valence-corrected chi connectivity index (χ1v) is 6.07. The molecule has 0 heterocycles. The predicted octanol–water partition coefficient (Wildman–Crippen LogP) is 2.49. The minimum Gasteiger partial charge on any atom is -0.464 e. The van der Waals surface area contributed by atoms with Crippen LogP contribution in [0.3, 0.4) is 0 Å². The van der Waals surface area contributed by atoms with E-state index >= 15 is 0 Å². The van der Waals surface area contributed by atoms with Crippen molar-refractivity contribution >= 4 is 12.1 Å². The summed E-state index contributed by atoms with van der Waals surface area (Å²) in [5, 5.41) is 2.44. The molecule has 18 heavy (non-hydrogen) atoms. The van der Waals surface area contributed by atoms with Crippen LogP contribution in [-0.2, 0) is 14.3 Å². The van der Waals surface area contributed by atoms with Crippen LogP contribution in [0.1, 0.15) is 48.5 Å². The minimum absolute atomic E-state index is 0.0959. The number of rotatable bonds is 3. The highest BCUT2D eigenvalue weighted by Crippen LogP contribution is 2.13. The molecule has 0 fully saturated rings. The third-order valence-corrected chi connectivity index (χ3v) is 1.73. The molecule has 0 spiro atoms. The number of nitrogens with one attached hydrogen (secondary N) is 1. The van der Waals surface area contributed by atoms with E-state index in [0.717, 1.165) is 0 Å². The van der Waals surface area contributed by atoms with Gasteiger partial charge < -0.3 is 14.8 Å². The molecule has 106 valence electrons. The van der Waals surface area contributed by atoms with Crippen molar-refractivity contribution in [1.82, 2.24) is 5.32 Å². The summed E-state index contributed by atoms with van der Waals surface area (Å²) in [5.74, 6) is -0.462. The number of esters is 1. The number of carbonyl (C=O) groups excluding carboxylic acids is 2. The maximum Gasteiger partial charge on any atom is 0.408 e. The molecule has 0 aliphatic rings. The summed E-state index contributed by atoms with van der Waals surface area (Å²) in [4.78, 5) is 23.0. The van der Waals surface area contributed by atoms with Crippen molar-refractivity contribution in [3.05, 3.63) is 0 Å². The lowest BCUT2D eigenvalue weighted by molar-refractivity contribution is -0.148. The molecule has 0 aromatic rings. The highest BCUT2D eigenvalue weighted by atomic mass is 16.6. The molecule has 1 N–H and O–H groups in total. The van der Waals surface area contributed by atoms with Gasteiger partial charge in [0.25, 0.3) is 0 Å². The summed E-state index contributed by atoms with van der Waals surface area (Å²) in [7, 11) is 0. The largest absolute Gasteiger partial charge is 0.464 e. The van der Waals surface area contributed by atoms with Crippen LogP contribution in [-0.4, -0.2) is 30.3 Å². The van der Waals surface area contributed by atoms with E-state index in [9.17, 15) is 9.59 Å². The van der Waals surface area contributed by atoms with Gasteiger partial charge in [-0.15, -0.1) is 0 Å². The number of ether oxygens (including phenoxy) is 2. The molecule has 1 atom stereocenters. The van der Waals surface area contributed by atoms with Crippen LogP contribution in [0.25, 0.3) is 0 Å². The van der Waals surface area contributed by atoms with Gasteiger partial charge in [-0.3, -0.25) is 0 Å². The molecular formula is C13H25NO4. The van der Waals surface area contributed by atoms with Crippen LogP contribution < -0.4 is 5.32 Å². The minimum atomic E-state index is -0.720. The Kier molecular flexibility index (Phi) is 5.64. The van der Waals surface area contributed by atoms with E-state index in [1.54, 1.807) is 27.7 Å². The topological polar surface area (TPSA) is 64.6 Å². The molecule has 1 amide bonds. The molecular weight excluding hydrogens is 234 g/mol. The quantitative estimate of drug-likeness (QED) is 0.791. The van der Waals surface area contributed by atoms with Crippen LogP contribution in [0.5, 0.6) is 0 Å². The van der Waals surface area contributed by atoms with Gasteiger partial charge in [0.1, 0.15) is 11.6 Å². The van der Waals surface area contributed by atoms with Crippen LogP contribution in [0.15, 0.2) is 0 Å². The standard InChI is InChI=1S/C13H25NO4/c1-9(10(15)17-8-12(2,3)4)14-11(16)18-13(5,6)7/h9H,8H2,1-7H3,(H,14,16). The summed E-state index contributed by atoms with van der Waals surface area (Å²) < 4.78 is 10.1. The fraction of sp³-hybridized carbons (Fsp3) is 0.846. The Bertz CT molecular complexity index is 299. The first-order valence-electron chi connectivity index (χ1n) is 6.07. The Hall–Kier alpha value is -1.26. The lowest BCUT2D eigenvalue weighted by Gasteiger charge is -2.22. The summed E-state index contributed by atoms with van der Waals surface area (Å²) in [6, 6.07) is -0.720. The van der Waals surface area contributed by atoms with E-state index in [-0.39, 0.29) is 5.41 Å². The third kappa shape index (κ3) is 8.84. The van der Waals surface area contributed by atoms with Crippen molar-refractivity contribution in [1.29, 1.82) is 0 Å². The summed E-state index contributed by atoms with van der Waals surface area (Å²) in [5.41, 5.74) is -0.680. The Labute approximate surface area is 109 Å². The van der Waals surface area contributed by atoms with E-state index in [4.69, 9.17) is 9.47 Å². The fourth-order valence-electron chi connectivity index (χ4n) is 0.956. The van der Waals surface area contributed by atoms with Gasteiger partial charge in [-0.25, -0.2) is 9.59 Å². The molecule has 1 unspecified atom stereocenters. The zero-order chi connectivity index (χ0) is 14.6. The van der Waals surface area contributed by atoms with E-state index in [1.165, 1.54) is 0 Å². The van der Waals surface area contributed by atoms with Crippen LogP contribution in [0, 0.1) is 5.41 Å². The van der Waals surface area contributed by atoms with Crippen LogP contribution in [0.2, 0.25) is 0 Å². The summed E-state index contributed by atoms with van der Waals surface area (Å²) in [6.07, 6.45) is -0.622. The molecule has 5 heteroatoms. The van der Waals surface area contributed by atoms with Gasteiger partial charge in [0, 0.05) is 0 Å². The number of alkyl carbamates (subject to hydrolysis) is 1. The van der Waals surface area contributed by atoms with Crippen molar-refractivity contribution in [2.24, 2.45) is 5.41 Å². The average Bonchev–Trinajstić information content (AvgIpc) is 2.09. The van der Waals surface area contributed by atoms with Gasteiger partial charge in [-0.05, 0) is 33.1 Å². The highest BCUT2D eigenvalue weighted by Gasteiger charge is 2.23. The summed E-state index contributed by atoms with van der Waals surface area (Å²) >= 11 is 0. The van der Waals surface area contributed by atoms with Crippen LogP contribution >= 0.6 is 0 Å². The van der Waals surface area contributed by atoms with Crippen molar-refractivity contribution in [2.75, 3.05) is 6.61 Å². The maximum atomic E-state index is 11.6.